The van der Waals surface area contributed by atoms with E-state index in [1.54, 1.807) is 25.4 Å². The first-order chi connectivity index (χ1) is 13.5. The zero-order valence-corrected chi connectivity index (χ0v) is 17.0. The number of sulfone groups is 1. The van der Waals surface area contributed by atoms with Crippen molar-refractivity contribution >= 4 is 15.5 Å². The van der Waals surface area contributed by atoms with Crippen LogP contribution in [0.15, 0.2) is 59.9 Å². The SMILES string of the molecule is CCS(=O)(=O)c1ccc(N[C@@H]2CCCc3ccccc32)c(-c2cn(C)cn2)c1. The Kier molecular flexibility index (Phi) is 4.98. The molecule has 1 N–H and O–H groups in total. The summed E-state index contributed by atoms with van der Waals surface area (Å²) in [6.45, 7) is 1.67. The minimum Gasteiger partial charge on any atom is -0.378 e. The van der Waals surface area contributed by atoms with Gasteiger partial charge in [0, 0.05) is 24.5 Å². The lowest BCUT2D eigenvalue weighted by Crippen LogP contribution is -2.18. The molecule has 1 aromatic heterocycles. The lowest BCUT2D eigenvalue weighted by molar-refractivity contribution is 0.597. The minimum absolute atomic E-state index is 0.0808. The predicted molar refractivity (Wildman–Crippen MR) is 112 cm³/mol. The molecular formula is C22H25N3O2S. The fourth-order valence-corrected chi connectivity index (χ4v) is 4.77. The van der Waals surface area contributed by atoms with Crippen molar-refractivity contribution in [1.29, 1.82) is 0 Å². The average Bonchev–Trinajstić information content (AvgIpc) is 3.14. The Morgan fingerprint density at radius 3 is 2.79 bits per heavy atom. The van der Waals surface area contributed by atoms with Gasteiger partial charge in [-0.15, -0.1) is 0 Å². The molecule has 1 heterocycles. The molecule has 28 heavy (non-hydrogen) atoms. The van der Waals surface area contributed by atoms with Gasteiger partial charge < -0.3 is 9.88 Å². The highest BCUT2D eigenvalue weighted by Crippen LogP contribution is 2.36. The second-order valence-electron chi connectivity index (χ2n) is 7.32. The first kappa shape index (κ1) is 18.7. The van der Waals surface area contributed by atoms with E-state index in [2.05, 4.69) is 34.6 Å². The van der Waals surface area contributed by atoms with E-state index in [4.69, 9.17) is 0 Å². The van der Waals surface area contributed by atoms with Crippen LogP contribution in [0.5, 0.6) is 0 Å². The molecular weight excluding hydrogens is 370 g/mol. The molecule has 0 bridgehead atoms. The number of hydrogen-bond acceptors (Lipinski definition) is 4. The number of fused-ring (bicyclic) bond motifs is 1. The van der Waals surface area contributed by atoms with Crippen molar-refractivity contribution in [2.45, 2.75) is 37.1 Å². The van der Waals surface area contributed by atoms with Crippen LogP contribution in [0.2, 0.25) is 0 Å². The fourth-order valence-electron chi connectivity index (χ4n) is 3.86. The third kappa shape index (κ3) is 3.56. The molecule has 146 valence electrons. The van der Waals surface area contributed by atoms with Gasteiger partial charge in [-0.05, 0) is 48.6 Å². The van der Waals surface area contributed by atoms with Crippen LogP contribution < -0.4 is 5.32 Å². The Morgan fingerprint density at radius 1 is 1.21 bits per heavy atom. The summed E-state index contributed by atoms with van der Waals surface area (Å²) in [5, 5.41) is 3.67. The van der Waals surface area contributed by atoms with Crippen LogP contribution in [-0.2, 0) is 23.3 Å². The van der Waals surface area contributed by atoms with Crippen molar-refractivity contribution in [3.8, 4) is 11.3 Å². The van der Waals surface area contributed by atoms with Crippen LogP contribution in [0.3, 0.4) is 0 Å². The number of nitrogens with zero attached hydrogens (tertiary/aromatic N) is 2. The van der Waals surface area contributed by atoms with Crippen LogP contribution in [0, 0.1) is 0 Å². The summed E-state index contributed by atoms with van der Waals surface area (Å²) in [7, 11) is -1.37. The monoisotopic (exact) mass is 395 g/mol. The maximum atomic E-state index is 12.4. The molecule has 0 amide bonds. The molecule has 0 saturated carbocycles. The number of nitrogens with one attached hydrogen (secondary N) is 1. The van der Waals surface area contributed by atoms with E-state index >= 15 is 0 Å². The number of rotatable bonds is 5. The molecule has 1 atom stereocenters. The maximum absolute atomic E-state index is 12.4. The van der Waals surface area contributed by atoms with Gasteiger partial charge in [0.15, 0.2) is 9.84 Å². The Bertz CT molecular complexity index is 1100. The Morgan fingerprint density at radius 2 is 2.04 bits per heavy atom. The molecule has 0 radical (unpaired) electrons. The smallest absolute Gasteiger partial charge is 0.178 e. The van der Waals surface area contributed by atoms with Crippen molar-refractivity contribution in [3.63, 3.8) is 0 Å². The highest BCUT2D eigenvalue weighted by atomic mass is 32.2. The number of imidazole rings is 1. The quantitative estimate of drug-likeness (QED) is 0.697. The van der Waals surface area contributed by atoms with Crippen LogP contribution in [0.25, 0.3) is 11.3 Å². The van der Waals surface area contributed by atoms with Crippen molar-refractivity contribution in [2.75, 3.05) is 11.1 Å². The zero-order valence-electron chi connectivity index (χ0n) is 16.2. The van der Waals surface area contributed by atoms with Gasteiger partial charge in [0.2, 0.25) is 0 Å². The van der Waals surface area contributed by atoms with Crippen LogP contribution in [0.1, 0.15) is 36.9 Å². The number of benzene rings is 2. The van der Waals surface area contributed by atoms with E-state index in [0.29, 0.717) is 4.90 Å². The molecule has 0 saturated heterocycles. The van der Waals surface area contributed by atoms with Gasteiger partial charge in [-0.1, -0.05) is 31.2 Å². The lowest BCUT2D eigenvalue weighted by atomic mass is 9.87. The number of hydrogen-bond donors (Lipinski definition) is 1. The molecule has 0 spiro atoms. The second-order valence-corrected chi connectivity index (χ2v) is 9.60. The van der Waals surface area contributed by atoms with E-state index in [1.807, 2.05) is 23.9 Å². The number of aryl methyl sites for hydroxylation is 2. The average molecular weight is 396 g/mol. The summed E-state index contributed by atoms with van der Waals surface area (Å²) in [5.74, 6) is 0.0808. The highest BCUT2D eigenvalue weighted by Gasteiger charge is 2.22. The van der Waals surface area contributed by atoms with Crippen molar-refractivity contribution in [2.24, 2.45) is 7.05 Å². The summed E-state index contributed by atoms with van der Waals surface area (Å²) in [6, 6.07) is 14.1. The van der Waals surface area contributed by atoms with Crippen molar-refractivity contribution in [3.05, 3.63) is 66.1 Å². The second kappa shape index (κ2) is 7.43. The van der Waals surface area contributed by atoms with Gasteiger partial charge in [0.05, 0.1) is 28.7 Å². The zero-order chi connectivity index (χ0) is 19.7. The summed E-state index contributed by atoms with van der Waals surface area (Å²) in [6.07, 6.45) is 6.94. The standard InChI is InChI=1S/C22H25N3O2S/c1-3-28(26,27)17-11-12-21(19(13-17)22-14-25(2)15-23-22)24-20-10-6-8-16-7-4-5-9-18(16)20/h4-5,7,9,11-15,20,24H,3,6,8,10H2,1-2H3/t20-/m1/s1. The van der Waals surface area contributed by atoms with Crippen LogP contribution in [0.4, 0.5) is 5.69 Å². The van der Waals surface area contributed by atoms with Gasteiger partial charge in [-0.3, -0.25) is 0 Å². The summed E-state index contributed by atoms with van der Waals surface area (Å²) < 4.78 is 26.7. The van der Waals surface area contributed by atoms with Crippen molar-refractivity contribution < 1.29 is 8.42 Å². The van der Waals surface area contributed by atoms with Gasteiger partial charge in [0.1, 0.15) is 0 Å². The van der Waals surface area contributed by atoms with E-state index in [0.717, 1.165) is 36.2 Å². The number of aromatic nitrogens is 2. The molecule has 1 aliphatic carbocycles. The molecule has 5 nitrogen and oxygen atoms in total. The third-order valence-electron chi connectivity index (χ3n) is 5.41. The fraction of sp³-hybridized carbons (Fsp3) is 0.318. The summed E-state index contributed by atoms with van der Waals surface area (Å²) >= 11 is 0. The summed E-state index contributed by atoms with van der Waals surface area (Å²) in [4.78, 5) is 4.80. The maximum Gasteiger partial charge on any atom is 0.178 e. The van der Waals surface area contributed by atoms with Crippen LogP contribution in [-0.4, -0.2) is 23.7 Å². The van der Waals surface area contributed by atoms with E-state index in [9.17, 15) is 8.42 Å². The Hall–Kier alpha value is -2.60. The van der Waals surface area contributed by atoms with E-state index in [1.165, 1.54) is 11.1 Å². The van der Waals surface area contributed by atoms with E-state index < -0.39 is 9.84 Å². The molecule has 2 aromatic carbocycles. The lowest BCUT2D eigenvalue weighted by Gasteiger charge is -2.28. The molecule has 4 rings (SSSR count). The van der Waals surface area contributed by atoms with E-state index in [-0.39, 0.29) is 11.8 Å². The first-order valence-electron chi connectivity index (χ1n) is 9.67. The largest absolute Gasteiger partial charge is 0.378 e. The Balaban J connectivity index is 1.77. The minimum atomic E-state index is -3.28. The van der Waals surface area contributed by atoms with Gasteiger partial charge in [-0.2, -0.15) is 0 Å². The molecule has 0 fully saturated rings. The Labute approximate surface area is 166 Å². The van der Waals surface area contributed by atoms with Crippen LogP contribution >= 0.6 is 0 Å². The highest BCUT2D eigenvalue weighted by molar-refractivity contribution is 7.91. The summed E-state index contributed by atoms with van der Waals surface area (Å²) in [5.41, 5.74) is 5.21. The number of anilines is 1. The molecule has 1 aliphatic rings. The first-order valence-corrected chi connectivity index (χ1v) is 11.3. The van der Waals surface area contributed by atoms with Gasteiger partial charge in [-0.25, -0.2) is 13.4 Å². The predicted octanol–water partition coefficient (Wildman–Crippen LogP) is 4.37. The van der Waals surface area contributed by atoms with Gasteiger partial charge in [0.25, 0.3) is 0 Å². The molecule has 6 heteroatoms. The third-order valence-corrected chi connectivity index (χ3v) is 7.14. The molecule has 0 unspecified atom stereocenters. The van der Waals surface area contributed by atoms with Gasteiger partial charge >= 0.3 is 0 Å². The van der Waals surface area contributed by atoms with Crippen molar-refractivity contribution in [1.82, 2.24) is 9.55 Å². The molecule has 3 aromatic rings. The topological polar surface area (TPSA) is 64.0 Å². The normalized spacial score (nSPS) is 16.6. The molecule has 0 aliphatic heterocycles.